The fourth-order valence-electron chi connectivity index (χ4n) is 2.74. The Hall–Kier alpha value is -2.07. The highest BCUT2D eigenvalue weighted by atomic mass is 35.5. The van der Waals surface area contributed by atoms with Crippen molar-refractivity contribution >= 4 is 29.0 Å². The number of amides is 1. The first-order valence-electron chi connectivity index (χ1n) is 7.90. The highest BCUT2D eigenvalue weighted by molar-refractivity contribution is 6.34. The molecule has 0 radical (unpaired) electrons. The molecule has 0 saturated carbocycles. The van der Waals surface area contributed by atoms with E-state index in [1.165, 1.54) is 12.8 Å². The summed E-state index contributed by atoms with van der Waals surface area (Å²) in [6, 6.07) is 10.8. The number of carbonyl (C=O) groups is 1. The van der Waals surface area contributed by atoms with E-state index in [4.69, 9.17) is 11.6 Å². The second-order valence-corrected chi connectivity index (χ2v) is 6.41. The number of rotatable bonds is 3. The molecule has 1 aliphatic heterocycles. The number of hydrogen-bond donors (Lipinski definition) is 1. The Morgan fingerprint density at radius 2 is 1.96 bits per heavy atom. The maximum atomic E-state index is 12.2. The fraction of sp³-hybridized carbons (Fsp3) is 0.333. The summed E-state index contributed by atoms with van der Waals surface area (Å²) in [7, 11) is 0. The summed E-state index contributed by atoms with van der Waals surface area (Å²) in [5, 5.41) is 3.22. The van der Waals surface area contributed by atoms with Gasteiger partial charge in [0, 0.05) is 13.1 Å². The van der Waals surface area contributed by atoms with E-state index in [0.29, 0.717) is 16.4 Å². The number of benzene rings is 1. The largest absolute Gasteiger partial charge is 0.370 e. The molecule has 1 aromatic heterocycles. The van der Waals surface area contributed by atoms with Gasteiger partial charge in [-0.05, 0) is 43.0 Å². The van der Waals surface area contributed by atoms with E-state index in [1.807, 2.05) is 18.3 Å². The highest BCUT2D eigenvalue weighted by Crippen LogP contribution is 2.23. The molecule has 2 heterocycles. The zero-order valence-electron chi connectivity index (χ0n) is 13.1. The van der Waals surface area contributed by atoms with Gasteiger partial charge in [0.15, 0.2) is 0 Å². The number of hydrogen-bond acceptors (Lipinski definition) is 3. The van der Waals surface area contributed by atoms with Crippen LogP contribution in [0.4, 0.5) is 11.5 Å². The number of nitrogens with one attached hydrogen (secondary N) is 1. The first-order valence-corrected chi connectivity index (χ1v) is 8.28. The second kappa shape index (κ2) is 7.01. The van der Waals surface area contributed by atoms with Gasteiger partial charge in [0.05, 0.1) is 22.5 Å². The molecule has 0 aliphatic carbocycles. The molecule has 120 valence electrons. The van der Waals surface area contributed by atoms with Crippen LogP contribution in [0.15, 0.2) is 42.6 Å². The van der Waals surface area contributed by atoms with Gasteiger partial charge in [-0.1, -0.05) is 30.7 Å². The van der Waals surface area contributed by atoms with Crippen molar-refractivity contribution in [2.75, 3.05) is 23.3 Å². The molecule has 5 heteroatoms. The van der Waals surface area contributed by atoms with Crippen LogP contribution in [-0.4, -0.2) is 24.0 Å². The smallest absolute Gasteiger partial charge is 0.258 e. The Kier molecular flexibility index (Phi) is 4.82. The van der Waals surface area contributed by atoms with Crippen molar-refractivity contribution in [1.29, 1.82) is 0 Å². The van der Waals surface area contributed by atoms with Gasteiger partial charge in [-0.3, -0.25) is 4.79 Å². The van der Waals surface area contributed by atoms with Crippen LogP contribution >= 0.6 is 11.6 Å². The monoisotopic (exact) mass is 329 g/mol. The topological polar surface area (TPSA) is 45.2 Å². The first-order chi connectivity index (χ1) is 11.1. The summed E-state index contributed by atoms with van der Waals surface area (Å²) < 4.78 is 0. The molecule has 1 saturated heterocycles. The average Bonchev–Trinajstić information content (AvgIpc) is 2.57. The number of piperidine rings is 1. The molecule has 0 atom stereocenters. The standard InChI is InChI=1S/C18H20ClN3O/c1-13-8-10-22(11-9-13)14-6-7-17(20-12-14)21-18(23)15-4-2-3-5-16(15)19/h2-7,12-13H,8-11H2,1H3,(H,20,21,23). The number of anilines is 2. The third kappa shape index (κ3) is 3.82. The third-order valence-electron chi connectivity index (χ3n) is 4.26. The van der Waals surface area contributed by atoms with Gasteiger partial charge >= 0.3 is 0 Å². The lowest BCUT2D eigenvalue weighted by Crippen LogP contribution is -2.32. The molecule has 4 nitrogen and oxygen atoms in total. The normalized spacial score (nSPS) is 15.5. The number of halogens is 1. The van der Waals surface area contributed by atoms with E-state index in [0.717, 1.165) is 24.7 Å². The van der Waals surface area contributed by atoms with E-state index in [1.54, 1.807) is 24.3 Å². The van der Waals surface area contributed by atoms with Crippen LogP contribution in [0.5, 0.6) is 0 Å². The number of nitrogens with zero attached hydrogens (tertiary/aromatic N) is 2. The summed E-state index contributed by atoms with van der Waals surface area (Å²) in [6.45, 7) is 4.42. The van der Waals surface area contributed by atoms with Crippen LogP contribution in [0.25, 0.3) is 0 Å². The maximum Gasteiger partial charge on any atom is 0.258 e. The lowest BCUT2D eigenvalue weighted by molar-refractivity contribution is 0.102. The Morgan fingerprint density at radius 1 is 1.22 bits per heavy atom. The first kappa shape index (κ1) is 15.8. The molecule has 1 fully saturated rings. The highest BCUT2D eigenvalue weighted by Gasteiger charge is 2.16. The van der Waals surface area contributed by atoms with E-state index >= 15 is 0 Å². The molecule has 1 aromatic carbocycles. The minimum atomic E-state index is -0.248. The van der Waals surface area contributed by atoms with Gasteiger partial charge in [0.25, 0.3) is 5.91 Å². The minimum Gasteiger partial charge on any atom is -0.370 e. The van der Waals surface area contributed by atoms with Crippen LogP contribution in [0, 0.1) is 5.92 Å². The Balaban J connectivity index is 1.66. The van der Waals surface area contributed by atoms with Crippen molar-refractivity contribution < 1.29 is 4.79 Å². The van der Waals surface area contributed by atoms with Crippen molar-refractivity contribution in [3.63, 3.8) is 0 Å². The molecular formula is C18H20ClN3O. The van der Waals surface area contributed by atoms with Crippen molar-refractivity contribution in [3.8, 4) is 0 Å². The quantitative estimate of drug-likeness (QED) is 0.916. The summed E-state index contributed by atoms with van der Waals surface area (Å²) in [5.41, 5.74) is 1.55. The molecule has 0 unspecified atom stereocenters. The van der Waals surface area contributed by atoms with Crippen molar-refractivity contribution in [2.24, 2.45) is 5.92 Å². The van der Waals surface area contributed by atoms with E-state index < -0.39 is 0 Å². The zero-order valence-corrected chi connectivity index (χ0v) is 13.9. The van der Waals surface area contributed by atoms with Crippen molar-refractivity contribution in [1.82, 2.24) is 4.98 Å². The predicted molar refractivity (Wildman–Crippen MR) is 94.3 cm³/mol. The summed E-state index contributed by atoms with van der Waals surface area (Å²) in [5.74, 6) is 1.08. The summed E-state index contributed by atoms with van der Waals surface area (Å²) in [6.07, 6.45) is 4.24. The molecule has 3 rings (SSSR count). The van der Waals surface area contributed by atoms with Gasteiger partial charge in [-0.15, -0.1) is 0 Å². The SMILES string of the molecule is CC1CCN(c2ccc(NC(=O)c3ccccc3Cl)nc2)CC1. The Morgan fingerprint density at radius 3 is 2.61 bits per heavy atom. The van der Waals surface area contributed by atoms with Gasteiger partial charge in [0.1, 0.15) is 5.82 Å². The van der Waals surface area contributed by atoms with Crippen LogP contribution in [0.1, 0.15) is 30.1 Å². The summed E-state index contributed by atoms with van der Waals surface area (Å²) >= 11 is 6.04. The molecule has 1 amide bonds. The maximum absolute atomic E-state index is 12.2. The lowest BCUT2D eigenvalue weighted by atomic mass is 9.99. The molecule has 0 bridgehead atoms. The van der Waals surface area contributed by atoms with Gasteiger partial charge in [-0.25, -0.2) is 4.98 Å². The van der Waals surface area contributed by atoms with Crippen LogP contribution in [0.3, 0.4) is 0 Å². The molecule has 1 N–H and O–H groups in total. The molecule has 2 aromatic rings. The number of carbonyl (C=O) groups excluding carboxylic acids is 1. The predicted octanol–water partition coefficient (Wildman–Crippen LogP) is 4.22. The van der Waals surface area contributed by atoms with E-state index in [2.05, 4.69) is 22.1 Å². The van der Waals surface area contributed by atoms with E-state index in [-0.39, 0.29) is 5.91 Å². The number of pyridine rings is 1. The number of aromatic nitrogens is 1. The van der Waals surface area contributed by atoms with Crippen LogP contribution in [-0.2, 0) is 0 Å². The molecule has 23 heavy (non-hydrogen) atoms. The third-order valence-corrected chi connectivity index (χ3v) is 4.59. The van der Waals surface area contributed by atoms with Crippen molar-refractivity contribution in [3.05, 3.63) is 53.2 Å². The van der Waals surface area contributed by atoms with Gasteiger partial charge in [-0.2, -0.15) is 0 Å². The van der Waals surface area contributed by atoms with Gasteiger partial charge < -0.3 is 10.2 Å². The minimum absolute atomic E-state index is 0.248. The molecule has 1 aliphatic rings. The average molecular weight is 330 g/mol. The molecule has 0 spiro atoms. The van der Waals surface area contributed by atoms with Crippen LogP contribution in [0.2, 0.25) is 5.02 Å². The summed E-state index contributed by atoms with van der Waals surface area (Å²) in [4.78, 5) is 18.9. The Bertz CT molecular complexity index is 679. The van der Waals surface area contributed by atoms with Crippen LogP contribution < -0.4 is 10.2 Å². The fourth-order valence-corrected chi connectivity index (χ4v) is 2.96. The van der Waals surface area contributed by atoms with E-state index in [9.17, 15) is 4.79 Å². The lowest BCUT2D eigenvalue weighted by Gasteiger charge is -2.31. The van der Waals surface area contributed by atoms with Gasteiger partial charge in [0.2, 0.25) is 0 Å². The zero-order chi connectivity index (χ0) is 16.2. The second-order valence-electron chi connectivity index (χ2n) is 6.01. The van der Waals surface area contributed by atoms with Crippen molar-refractivity contribution in [2.45, 2.75) is 19.8 Å². The Labute approximate surface area is 141 Å². The molecular weight excluding hydrogens is 310 g/mol.